The number of carbonyl (C=O) groups is 1. The Balaban J connectivity index is 2.20. The van der Waals surface area contributed by atoms with Crippen molar-refractivity contribution in [2.75, 3.05) is 26.7 Å². The van der Waals surface area contributed by atoms with Gasteiger partial charge in [0.25, 0.3) is 0 Å². The molecule has 5 nitrogen and oxygen atoms in total. The van der Waals surface area contributed by atoms with Gasteiger partial charge in [-0.1, -0.05) is 12.1 Å². The number of rotatable bonds is 4. The number of nitrogens with one attached hydrogen (secondary N) is 1. The molecule has 0 amide bonds. The Labute approximate surface area is 113 Å². The van der Waals surface area contributed by atoms with Crippen LogP contribution in [0, 0.1) is 0 Å². The second-order valence-corrected chi connectivity index (χ2v) is 4.75. The molecule has 2 rings (SSSR count). The summed E-state index contributed by atoms with van der Waals surface area (Å²) in [5.74, 6) is 0.0216. The molecule has 0 radical (unpaired) electrons. The first-order valence-corrected chi connectivity index (χ1v) is 6.46. The molecule has 1 fully saturated rings. The average molecular weight is 264 g/mol. The van der Waals surface area contributed by atoms with Crippen LogP contribution in [-0.4, -0.2) is 48.8 Å². The van der Waals surface area contributed by atoms with Gasteiger partial charge in [0, 0.05) is 25.7 Å². The highest BCUT2D eigenvalue weighted by Crippen LogP contribution is 2.26. The molecule has 0 aromatic heterocycles. The molecule has 5 heteroatoms. The van der Waals surface area contributed by atoms with Gasteiger partial charge in [-0.2, -0.15) is 0 Å². The van der Waals surface area contributed by atoms with Crippen LogP contribution < -0.4 is 10.1 Å². The van der Waals surface area contributed by atoms with Crippen molar-refractivity contribution in [2.24, 2.45) is 0 Å². The summed E-state index contributed by atoms with van der Waals surface area (Å²) >= 11 is 0. The first-order chi connectivity index (χ1) is 9.13. The van der Waals surface area contributed by atoms with Crippen LogP contribution in [0.1, 0.15) is 18.5 Å². The zero-order valence-corrected chi connectivity index (χ0v) is 11.3. The van der Waals surface area contributed by atoms with Crippen LogP contribution in [0.4, 0.5) is 0 Å². The SMILES string of the molecule is COc1cccc(C(C)N2CCNCC2C(=O)O)c1. The number of hydrogen-bond donors (Lipinski definition) is 2. The molecule has 1 aromatic rings. The van der Waals surface area contributed by atoms with E-state index in [1.54, 1.807) is 7.11 Å². The summed E-state index contributed by atoms with van der Waals surface area (Å²) < 4.78 is 5.22. The topological polar surface area (TPSA) is 61.8 Å². The van der Waals surface area contributed by atoms with Gasteiger partial charge in [-0.3, -0.25) is 9.69 Å². The summed E-state index contributed by atoms with van der Waals surface area (Å²) in [7, 11) is 1.63. The molecule has 0 aliphatic carbocycles. The lowest BCUT2D eigenvalue weighted by molar-refractivity contribution is -0.145. The molecule has 2 N–H and O–H groups in total. The van der Waals surface area contributed by atoms with E-state index in [1.807, 2.05) is 36.1 Å². The Bertz CT molecular complexity index is 450. The van der Waals surface area contributed by atoms with E-state index in [9.17, 15) is 9.90 Å². The number of carboxylic acid groups (broad SMARTS) is 1. The number of methoxy groups -OCH3 is 1. The summed E-state index contributed by atoms with van der Waals surface area (Å²) in [6.45, 7) is 4.08. The van der Waals surface area contributed by atoms with Crippen molar-refractivity contribution in [1.29, 1.82) is 0 Å². The number of carboxylic acids is 1. The van der Waals surface area contributed by atoms with Crippen LogP contribution in [0.2, 0.25) is 0 Å². The van der Waals surface area contributed by atoms with Gasteiger partial charge in [0.1, 0.15) is 11.8 Å². The normalized spacial score (nSPS) is 21.9. The van der Waals surface area contributed by atoms with Gasteiger partial charge in [0.05, 0.1) is 7.11 Å². The second-order valence-electron chi connectivity index (χ2n) is 4.75. The standard InChI is InChI=1S/C14H20N2O3/c1-10(11-4-3-5-12(8-11)19-2)16-7-6-15-9-13(16)14(17)18/h3-5,8,10,13,15H,6-7,9H2,1-2H3,(H,17,18). The zero-order valence-electron chi connectivity index (χ0n) is 11.3. The van der Waals surface area contributed by atoms with E-state index < -0.39 is 12.0 Å². The first kappa shape index (κ1) is 13.8. The van der Waals surface area contributed by atoms with E-state index in [4.69, 9.17) is 4.74 Å². The summed E-state index contributed by atoms with van der Waals surface area (Å²) in [5, 5.41) is 12.4. The van der Waals surface area contributed by atoms with Crippen LogP contribution in [0.25, 0.3) is 0 Å². The molecule has 1 aliphatic heterocycles. The summed E-state index contributed by atoms with van der Waals surface area (Å²) in [4.78, 5) is 13.3. The van der Waals surface area contributed by atoms with E-state index in [-0.39, 0.29) is 6.04 Å². The minimum Gasteiger partial charge on any atom is -0.497 e. The van der Waals surface area contributed by atoms with Crippen molar-refractivity contribution in [3.63, 3.8) is 0 Å². The van der Waals surface area contributed by atoms with Crippen LogP contribution >= 0.6 is 0 Å². The number of hydrogen-bond acceptors (Lipinski definition) is 4. The quantitative estimate of drug-likeness (QED) is 0.853. The van der Waals surface area contributed by atoms with Crippen molar-refractivity contribution in [2.45, 2.75) is 19.0 Å². The van der Waals surface area contributed by atoms with Crippen molar-refractivity contribution < 1.29 is 14.6 Å². The van der Waals surface area contributed by atoms with Crippen molar-refractivity contribution in [3.05, 3.63) is 29.8 Å². The van der Waals surface area contributed by atoms with Gasteiger partial charge in [0.15, 0.2) is 0 Å². The largest absolute Gasteiger partial charge is 0.497 e. The van der Waals surface area contributed by atoms with Gasteiger partial charge < -0.3 is 15.2 Å². The van der Waals surface area contributed by atoms with Gasteiger partial charge in [0.2, 0.25) is 0 Å². The second kappa shape index (κ2) is 6.04. The Morgan fingerprint density at radius 3 is 3.05 bits per heavy atom. The van der Waals surface area contributed by atoms with Crippen LogP contribution in [0.5, 0.6) is 5.75 Å². The molecule has 1 aromatic carbocycles. The third-order valence-corrected chi connectivity index (χ3v) is 3.64. The van der Waals surface area contributed by atoms with E-state index in [0.29, 0.717) is 6.54 Å². The first-order valence-electron chi connectivity index (χ1n) is 6.46. The molecular weight excluding hydrogens is 244 g/mol. The molecule has 2 unspecified atom stereocenters. The lowest BCUT2D eigenvalue weighted by Gasteiger charge is -2.38. The zero-order chi connectivity index (χ0) is 13.8. The molecule has 2 atom stereocenters. The smallest absolute Gasteiger partial charge is 0.322 e. The molecule has 19 heavy (non-hydrogen) atoms. The Morgan fingerprint density at radius 2 is 2.37 bits per heavy atom. The molecule has 0 spiro atoms. The van der Waals surface area contributed by atoms with Crippen molar-refractivity contribution in [1.82, 2.24) is 10.2 Å². The maximum Gasteiger partial charge on any atom is 0.322 e. The number of benzene rings is 1. The molecular formula is C14H20N2O3. The highest BCUT2D eigenvalue weighted by molar-refractivity contribution is 5.74. The average Bonchev–Trinajstić information content (AvgIpc) is 2.46. The molecule has 1 heterocycles. The maximum absolute atomic E-state index is 11.3. The molecule has 0 saturated carbocycles. The molecule has 104 valence electrons. The lowest BCUT2D eigenvalue weighted by Crippen LogP contribution is -2.55. The predicted molar refractivity (Wildman–Crippen MR) is 72.4 cm³/mol. The fourth-order valence-electron chi connectivity index (χ4n) is 2.51. The lowest BCUT2D eigenvalue weighted by atomic mass is 10.0. The van der Waals surface area contributed by atoms with E-state index >= 15 is 0 Å². The number of piperazine rings is 1. The number of nitrogens with zero attached hydrogens (tertiary/aromatic N) is 1. The van der Waals surface area contributed by atoms with Gasteiger partial charge in [-0.15, -0.1) is 0 Å². The van der Waals surface area contributed by atoms with Crippen molar-refractivity contribution in [3.8, 4) is 5.75 Å². The summed E-state index contributed by atoms with van der Waals surface area (Å²) in [6, 6.07) is 7.37. The highest BCUT2D eigenvalue weighted by atomic mass is 16.5. The third kappa shape index (κ3) is 3.05. The molecule has 1 aliphatic rings. The fourth-order valence-corrected chi connectivity index (χ4v) is 2.51. The Hall–Kier alpha value is -1.59. The van der Waals surface area contributed by atoms with Crippen LogP contribution in [0.3, 0.4) is 0 Å². The maximum atomic E-state index is 11.3. The third-order valence-electron chi connectivity index (χ3n) is 3.64. The van der Waals surface area contributed by atoms with Gasteiger partial charge >= 0.3 is 5.97 Å². The van der Waals surface area contributed by atoms with Gasteiger partial charge in [-0.25, -0.2) is 0 Å². The minimum absolute atomic E-state index is 0.0540. The highest BCUT2D eigenvalue weighted by Gasteiger charge is 2.32. The monoisotopic (exact) mass is 264 g/mol. The molecule has 0 bridgehead atoms. The fraction of sp³-hybridized carbons (Fsp3) is 0.500. The van der Waals surface area contributed by atoms with Crippen LogP contribution in [-0.2, 0) is 4.79 Å². The summed E-state index contributed by atoms with van der Waals surface area (Å²) in [6.07, 6.45) is 0. The van der Waals surface area contributed by atoms with E-state index in [1.165, 1.54) is 0 Å². The van der Waals surface area contributed by atoms with Crippen molar-refractivity contribution >= 4 is 5.97 Å². The number of aliphatic carboxylic acids is 1. The Morgan fingerprint density at radius 1 is 1.58 bits per heavy atom. The van der Waals surface area contributed by atoms with Gasteiger partial charge in [-0.05, 0) is 24.6 Å². The number of ether oxygens (including phenoxy) is 1. The van der Waals surface area contributed by atoms with E-state index in [0.717, 1.165) is 24.4 Å². The molecule has 1 saturated heterocycles. The van der Waals surface area contributed by atoms with Crippen LogP contribution in [0.15, 0.2) is 24.3 Å². The minimum atomic E-state index is -0.776. The van der Waals surface area contributed by atoms with E-state index in [2.05, 4.69) is 5.32 Å². The Kier molecular flexibility index (Phi) is 4.39. The summed E-state index contributed by atoms with van der Waals surface area (Å²) in [5.41, 5.74) is 1.08. The predicted octanol–water partition coefficient (Wildman–Crippen LogP) is 1.11.